The lowest BCUT2D eigenvalue weighted by Crippen LogP contribution is -2.48. The number of nitrogens with one attached hydrogen (secondary N) is 1. The molecule has 8 heteroatoms. The molecule has 0 aliphatic carbocycles. The molecule has 40 heavy (non-hydrogen) atoms. The first kappa shape index (κ1) is 27.0. The van der Waals surface area contributed by atoms with Crippen molar-refractivity contribution in [3.63, 3.8) is 0 Å². The minimum absolute atomic E-state index is 0.195. The second-order valence-electron chi connectivity index (χ2n) is 9.44. The molecular weight excluding hydrogens is 570 g/mol. The Morgan fingerprint density at radius 2 is 1.48 bits per heavy atom. The van der Waals surface area contributed by atoms with E-state index in [2.05, 4.69) is 21.2 Å². The van der Waals surface area contributed by atoms with Crippen molar-refractivity contribution in [2.24, 2.45) is 0 Å². The van der Waals surface area contributed by atoms with Gasteiger partial charge in [-0.3, -0.25) is 24.1 Å². The van der Waals surface area contributed by atoms with Gasteiger partial charge < -0.3 is 10.2 Å². The summed E-state index contributed by atoms with van der Waals surface area (Å²) in [6.07, 6.45) is 0. The number of nitrogens with zero attached hydrogens (tertiary/aromatic N) is 2. The number of fused-ring (bicyclic) bond motifs is 1. The Morgan fingerprint density at radius 1 is 0.850 bits per heavy atom. The zero-order valence-electron chi connectivity index (χ0n) is 21.7. The first-order chi connectivity index (χ1) is 19.3. The number of carbonyl (C=O) groups excluding carboxylic acids is 4. The number of hydrogen-bond donors (Lipinski definition) is 1. The third kappa shape index (κ3) is 5.44. The van der Waals surface area contributed by atoms with Crippen molar-refractivity contribution in [2.75, 3.05) is 9.80 Å². The van der Waals surface area contributed by atoms with Crippen LogP contribution in [0.5, 0.6) is 0 Å². The molecule has 1 unspecified atom stereocenters. The third-order valence-electron chi connectivity index (χ3n) is 6.82. The summed E-state index contributed by atoms with van der Waals surface area (Å²) in [5.41, 5.74) is 3.17. The summed E-state index contributed by atoms with van der Waals surface area (Å²) in [4.78, 5) is 56.0. The normalized spacial score (nSPS) is 13.1. The Hall–Kier alpha value is -4.56. The van der Waals surface area contributed by atoms with Crippen LogP contribution in [0.2, 0.25) is 0 Å². The van der Waals surface area contributed by atoms with Gasteiger partial charge in [-0.1, -0.05) is 72.8 Å². The van der Waals surface area contributed by atoms with E-state index in [1.807, 2.05) is 60.7 Å². The molecule has 0 fully saturated rings. The van der Waals surface area contributed by atoms with Crippen molar-refractivity contribution < 1.29 is 19.2 Å². The average molecular weight is 596 g/mol. The van der Waals surface area contributed by atoms with E-state index in [4.69, 9.17) is 0 Å². The number of benzene rings is 4. The minimum Gasteiger partial charge on any atom is -0.350 e. The molecular formula is C32H26BrN3O4. The number of rotatable bonds is 8. The van der Waals surface area contributed by atoms with Gasteiger partial charge in [-0.15, -0.1) is 0 Å². The highest BCUT2D eigenvalue weighted by Gasteiger charge is 2.37. The van der Waals surface area contributed by atoms with Crippen LogP contribution >= 0.6 is 15.9 Å². The summed E-state index contributed by atoms with van der Waals surface area (Å²) in [5, 5.41) is 2.90. The first-order valence-corrected chi connectivity index (χ1v) is 13.6. The Bertz CT molecular complexity index is 1590. The van der Waals surface area contributed by atoms with Gasteiger partial charge in [0.15, 0.2) is 0 Å². The zero-order valence-corrected chi connectivity index (χ0v) is 23.3. The lowest BCUT2D eigenvalue weighted by atomic mass is 10.1. The van der Waals surface area contributed by atoms with E-state index in [1.165, 1.54) is 15.9 Å². The molecule has 0 spiro atoms. The van der Waals surface area contributed by atoms with Gasteiger partial charge in [0.05, 0.1) is 23.4 Å². The average Bonchev–Trinajstić information content (AvgIpc) is 3.21. The van der Waals surface area contributed by atoms with E-state index in [0.29, 0.717) is 28.0 Å². The molecule has 0 saturated carbocycles. The molecule has 4 aromatic carbocycles. The van der Waals surface area contributed by atoms with Crippen LogP contribution in [0.1, 0.15) is 38.8 Å². The van der Waals surface area contributed by atoms with Crippen molar-refractivity contribution >= 4 is 50.8 Å². The highest BCUT2D eigenvalue weighted by atomic mass is 79.9. The molecule has 1 aliphatic heterocycles. The van der Waals surface area contributed by atoms with E-state index < -0.39 is 23.6 Å². The van der Waals surface area contributed by atoms with Gasteiger partial charge in [0.25, 0.3) is 17.6 Å². The zero-order chi connectivity index (χ0) is 28.2. The number of anilines is 2. The highest BCUT2D eigenvalue weighted by molar-refractivity contribution is 9.10. The standard InChI is InChI=1S/C32H26BrN3O4/c1-21(30(38)34-19-22-10-4-2-5-11-22)36(31(39)25-14-8-9-15-27(25)33)24-16-17-28-26(18-24)29(37)32(40)35(28)20-23-12-6-3-7-13-23/h2-18,21H,19-20H2,1H3,(H,34,38). The van der Waals surface area contributed by atoms with Crippen LogP contribution in [0.3, 0.4) is 0 Å². The fourth-order valence-corrected chi connectivity index (χ4v) is 5.15. The highest BCUT2D eigenvalue weighted by Crippen LogP contribution is 2.35. The van der Waals surface area contributed by atoms with E-state index >= 15 is 0 Å². The molecule has 0 radical (unpaired) electrons. The summed E-state index contributed by atoms with van der Waals surface area (Å²) >= 11 is 3.44. The fraction of sp³-hybridized carbons (Fsp3) is 0.125. The number of halogens is 1. The number of carbonyl (C=O) groups is 4. The largest absolute Gasteiger partial charge is 0.350 e. The van der Waals surface area contributed by atoms with Crippen molar-refractivity contribution in [2.45, 2.75) is 26.1 Å². The van der Waals surface area contributed by atoms with Gasteiger partial charge in [-0.05, 0) is 64.3 Å². The van der Waals surface area contributed by atoms with Crippen LogP contribution in [0, 0.1) is 0 Å². The van der Waals surface area contributed by atoms with E-state index in [0.717, 1.165) is 11.1 Å². The molecule has 0 bridgehead atoms. The summed E-state index contributed by atoms with van der Waals surface area (Å²) in [6.45, 7) is 2.18. The van der Waals surface area contributed by atoms with Gasteiger partial charge in [0.2, 0.25) is 5.91 Å². The predicted molar refractivity (Wildman–Crippen MR) is 157 cm³/mol. The summed E-state index contributed by atoms with van der Waals surface area (Å²) in [7, 11) is 0. The Morgan fingerprint density at radius 3 is 2.15 bits per heavy atom. The van der Waals surface area contributed by atoms with Gasteiger partial charge in [0, 0.05) is 16.7 Å². The van der Waals surface area contributed by atoms with Crippen LogP contribution < -0.4 is 15.1 Å². The van der Waals surface area contributed by atoms with Gasteiger partial charge in [-0.25, -0.2) is 0 Å². The Labute approximate surface area is 240 Å². The van der Waals surface area contributed by atoms with E-state index in [1.54, 1.807) is 43.3 Å². The van der Waals surface area contributed by atoms with Crippen LogP contribution in [0.25, 0.3) is 0 Å². The molecule has 3 amide bonds. The van der Waals surface area contributed by atoms with Gasteiger partial charge in [0.1, 0.15) is 6.04 Å². The maximum absolute atomic E-state index is 13.9. The Balaban J connectivity index is 1.49. The van der Waals surface area contributed by atoms with Gasteiger partial charge >= 0.3 is 0 Å². The molecule has 4 aromatic rings. The smallest absolute Gasteiger partial charge is 0.299 e. The monoisotopic (exact) mass is 595 g/mol. The molecule has 1 heterocycles. The second kappa shape index (κ2) is 11.7. The molecule has 5 rings (SSSR count). The van der Waals surface area contributed by atoms with Crippen LogP contribution in [0.15, 0.2) is 108 Å². The molecule has 0 aromatic heterocycles. The molecule has 1 aliphatic rings. The number of hydrogen-bond acceptors (Lipinski definition) is 4. The van der Waals surface area contributed by atoms with Crippen molar-refractivity contribution in [3.05, 3.63) is 130 Å². The predicted octanol–water partition coefficient (Wildman–Crippen LogP) is 5.53. The van der Waals surface area contributed by atoms with E-state index in [-0.39, 0.29) is 18.0 Å². The number of amides is 3. The van der Waals surface area contributed by atoms with Crippen molar-refractivity contribution in [1.29, 1.82) is 0 Å². The lowest BCUT2D eigenvalue weighted by molar-refractivity contribution is -0.122. The van der Waals surface area contributed by atoms with Crippen LogP contribution in [0.4, 0.5) is 11.4 Å². The van der Waals surface area contributed by atoms with Gasteiger partial charge in [-0.2, -0.15) is 0 Å². The molecule has 1 N–H and O–H groups in total. The minimum atomic E-state index is -0.922. The molecule has 200 valence electrons. The third-order valence-corrected chi connectivity index (χ3v) is 7.51. The topological polar surface area (TPSA) is 86.8 Å². The summed E-state index contributed by atoms with van der Waals surface area (Å²) in [6, 6.07) is 29.7. The van der Waals surface area contributed by atoms with E-state index in [9.17, 15) is 19.2 Å². The SMILES string of the molecule is CC(C(=O)NCc1ccccc1)N(C(=O)c1ccccc1Br)c1ccc2c(c1)C(=O)C(=O)N2Cc1ccccc1. The van der Waals surface area contributed by atoms with Crippen molar-refractivity contribution in [3.8, 4) is 0 Å². The number of Topliss-reactive ketones (excluding diaryl/α,β-unsaturated/α-hetero) is 1. The summed E-state index contributed by atoms with van der Waals surface area (Å²) in [5.74, 6) is -2.07. The fourth-order valence-electron chi connectivity index (χ4n) is 4.69. The quantitative estimate of drug-likeness (QED) is 0.271. The number of ketones is 1. The summed E-state index contributed by atoms with van der Waals surface area (Å²) < 4.78 is 0.573. The molecule has 1 atom stereocenters. The second-order valence-corrected chi connectivity index (χ2v) is 10.3. The molecule has 7 nitrogen and oxygen atoms in total. The maximum atomic E-state index is 13.9. The molecule has 0 saturated heterocycles. The van der Waals surface area contributed by atoms with Crippen molar-refractivity contribution in [1.82, 2.24) is 5.32 Å². The lowest BCUT2D eigenvalue weighted by Gasteiger charge is -2.29. The maximum Gasteiger partial charge on any atom is 0.299 e. The van der Waals surface area contributed by atoms with Crippen LogP contribution in [-0.4, -0.2) is 29.5 Å². The Kier molecular flexibility index (Phi) is 7.89. The first-order valence-electron chi connectivity index (χ1n) is 12.8. The van der Waals surface area contributed by atoms with Crippen LogP contribution in [-0.2, 0) is 22.7 Å².